The van der Waals surface area contributed by atoms with Gasteiger partial charge in [-0.25, -0.2) is 0 Å². The van der Waals surface area contributed by atoms with Crippen molar-refractivity contribution in [2.75, 3.05) is 45.3 Å². The molecule has 2 aromatic rings. The minimum atomic E-state index is -0.548. The average molecular weight is 401 g/mol. The van der Waals surface area contributed by atoms with Gasteiger partial charge in [0, 0.05) is 51.9 Å². The molecular weight excluding hydrogens is 364 g/mol. The van der Waals surface area contributed by atoms with E-state index in [4.69, 9.17) is 9.84 Å². The Labute approximate surface area is 175 Å². The number of aromatic nitrogens is 2. The molecule has 0 aliphatic carbocycles. The third-order valence-corrected chi connectivity index (χ3v) is 4.60. The Balaban J connectivity index is 2.32. The summed E-state index contributed by atoms with van der Waals surface area (Å²) in [5.74, 6) is 1.56. The van der Waals surface area contributed by atoms with Crippen molar-refractivity contribution in [2.24, 2.45) is 13.0 Å². The molecule has 1 aromatic heterocycles. The van der Waals surface area contributed by atoms with E-state index >= 15 is 0 Å². The van der Waals surface area contributed by atoms with Gasteiger partial charge in [0.05, 0.1) is 25.0 Å². The predicted molar refractivity (Wildman–Crippen MR) is 120 cm³/mol. The minimum Gasteiger partial charge on any atom is -0.389 e. The van der Waals surface area contributed by atoms with Gasteiger partial charge in [0.2, 0.25) is 0 Å². The van der Waals surface area contributed by atoms with Gasteiger partial charge in [0.25, 0.3) is 0 Å². The molecule has 1 N–H and O–H groups in total. The monoisotopic (exact) mass is 400 g/mol. The van der Waals surface area contributed by atoms with Crippen LogP contribution in [0.15, 0.2) is 43.0 Å². The fraction of sp³-hybridized carbons (Fsp3) is 0.522. The molecule has 2 rings (SSSR count). The Kier molecular flexibility index (Phi) is 8.89. The van der Waals surface area contributed by atoms with Crippen molar-refractivity contribution in [1.82, 2.24) is 14.7 Å². The van der Waals surface area contributed by atoms with Gasteiger partial charge in [-0.3, -0.25) is 9.58 Å². The molecule has 6 nitrogen and oxygen atoms in total. The van der Waals surface area contributed by atoms with E-state index in [1.807, 2.05) is 44.0 Å². The van der Waals surface area contributed by atoms with Crippen LogP contribution in [0.25, 0.3) is 11.3 Å². The van der Waals surface area contributed by atoms with Gasteiger partial charge in [-0.15, -0.1) is 6.58 Å². The van der Waals surface area contributed by atoms with E-state index in [-0.39, 0.29) is 0 Å². The molecular formula is C23H36N4O2. The minimum absolute atomic E-state index is 0.305. The molecule has 0 fully saturated rings. The lowest BCUT2D eigenvalue weighted by atomic mass is 10.1. The van der Waals surface area contributed by atoms with Gasteiger partial charge in [0.1, 0.15) is 5.82 Å². The van der Waals surface area contributed by atoms with E-state index in [0.29, 0.717) is 32.2 Å². The molecule has 0 bridgehead atoms. The van der Waals surface area contributed by atoms with E-state index in [2.05, 4.69) is 42.4 Å². The summed E-state index contributed by atoms with van der Waals surface area (Å²) in [7, 11) is 6.07. The molecule has 0 spiro atoms. The largest absolute Gasteiger partial charge is 0.389 e. The second-order valence-electron chi connectivity index (χ2n) is 8.10. The first-order valence-electron chi connectivity index (χ1n) is 10.2. The maximum absolute atomic E-state index is 10.5. The maximum atomic E-state index is 10.5. The second-order valence-corrected chi connectivity index (χ2v) is 8.10. The molecule has 29 heavy (non-hydrogen) atoms. The molecule has 0 radical (unpaired) electrons. The third kappa shape index (κ3) is 6.70. The first-order chi connectivity index (χ1) is 13.8. The fourth-order valence-electron chi connectivity index (χ4n) is 3.67. The summed E-state index contributed by atoms with van der Waals surface area (Å²) in [5, 5.41) is 15.3. The van der Waals surface area contributed by atoms with Crippen LogP contribution in [-0.4, -0.2) is 66.3 Å². The second kappa shape index (κ2) is 11.1. The van der Waals surface area contributed by atoms with E-state index in [1.165, 1.54) is 5.56 Å². The van der Waals surface area contributed by atoms with E-state index in [0.717, 1.165) is 23.6 Å². The SMILES string of the molecule is C=CCOC[C@@H](O)CN(Cc1c(-c2ccccc2)nn(C)c1N(C)C)CC(C)C. The standard InChI is InChI=1S/C23H36N4O2/c1-7-13-29-17-20(28)15-27(14-18(2)3)16-21-22(19-11-9-8-10-12-19)24-26(6)23(21)25(4)5/h7-12,18,20,28H,1,13-17H2,2-6H3/t20-/m0/s1. The van der Waals surface area contributed by atoms with Crippen molar-refractivity contribution in [3.63, 3.8) is 0 Å². The number of anilines is 1. The average Bonchev–Trinajstić information content (AvgIpc) is 2.98. The van der Waals surface area contributed by atoms with E-state index < -0.39 is 6.10 Å². The molecule has 160 valence electrons. The van der Waals surface area contributed by atoms with Crippen LogP contribution in [0, 0.1) is 5.92 Å². The molecule has 0 aliphatic rings. The summed E-state index contributed by atoms with van der Waals surface area (Å²) in [6.45, 7) is 10.9. The molecule has 1 atom stereocenters. The van der Waals surface area contributed by atoms with Crippen molar-refractivity contribution < 1.29 is 9.84 Å². The number of hydrogen-bond acceptors (Lipinski definition) is 5. The summed E-state index contributed by atoms with van der Waals surface area (Å²) >= 11 is 0. The Morgan fingerprint density at radius 3 is 2.48 bits per heavy atom. The van der Waals surface area contributed by atoms with Crippen LogP contribution >= 0.6 is 0 Å². The summed E-state index contributed by atoms with van der Waals surface area (Å²) in [5.41, 5.74) is 3.26. The number of aliphatic hydroxyl groups excluding tert-OH is 1. The van der Waals surface area contributed by atoms with E-state index in [1.54, 1.807) is 6.08 Å². The third-order valence-electron chi connectivity index (χ3n) is 4.60. The number of ether oxygens (including phenoxy) is 1. The highest BCUT2D eigenvalue weighted by molar-refractivity contribution is 5.69. The highest BCUT2D eigenvalue weighted by Crippen LogP contribution is 2.31. The zero-order valence-electron chi connectivity index (χ0n) is 18.5. The molecule has 6 heteroatoms. The summed E-state index contributed by atoms with van der Waals surface area (Å²) in [6, 6.07) is 10.3. The first kappa shape index (κ1) is 23.1. The van der Waals surface area contributed by atoms with Crippen LogP contribution in [0.5, 0.6) is 0 Å². The topological polar surface area (TPSA) is 53.8 Å². The summed E-state index contributed by atoms with van der Waals surface area (Å²) < 4.78 is 7.38. The lowest BCUT2D eigenvalue weighted by Crippen LogP contribution is -2.37. The fourth-order valence-corrected chi connectivity index (χ4v) is 3.67. The number of hydrogen-bond donors (Lipinski definition) is 1. The molecule has 0 saturated carbocycles. The Hall–Kier alpha value is -2.15. The van der Waals surface area contributed by atoms with Gasteiger partial charge in [-0.1, -0.05) is 50.3 Å². The van der Waals surface area contributed by atoms with Crippen molar-refractivity contribution >= 4 is 5.82 Å². The number of rotatable bonds is 12. The van der Waals surface area contributed by atoms with Crippen LogP contribution in [0.2, 0.25) is 0 Å². The smallest absolute Gasteiger partial charge is 0.131 e. The summed E-state index contributed by atoms with van der Waals surface area (Å²) in [6.07, 6.45) is 1.15. The van der Waals surface area contributed by atoms with Gasteiger partial charge in [0.15, 0.2) is 0 Å². The number of benzene rings is 1. The van der Waals surface area contributed by atoms with Gasteiger partial charge in [-0.05, 0) is 5.92 Å². The number of nitrogens with zero attached hydrogens (tertiary/aromatic N) is 4. The normalized spacial score (nSPS) is 12.6. The lowest BCUT2D eigenvalue weighted by molar-refractivity contribution is 0.0224. The van der Waals surface area contributed by atoms with E-state index in [9.17, 15) is 5.11 Å². The van der Waals surface area contributed by atoms with Crippen LogP contribution in [-0.2, 0) is 18.3 Å². The highest BCUT2D eigenvalue weighted by atomic mass is 16.5. The van der Waals surface area contributed by atoms with Gasteiger partial charge < -0.3 is 14.7 Å². The van der Waals surface area contributed by atoms with Crippen molar-refractivity contribution in [1.29, 1.82) is 0 Å². The maximum Gasteiger partial charge on any atom is 0.131 e. The quantitative estimate of drug-likeness (QED) is 0.438. The molecule has 0 saturated heterocycles. The highest BCUT2D eigenvalue weighted by Gasteiger charge is 2.23. The molecule has 0 unspecified atom stereocenters. The Bertz CT molecular complexity index is 756. The van der Waals surface area contributed by atoms with Crippen LogP contribution < -0.4 is 4.90 Å². The summed E-state index contributed by atoms with van der Waals surface area (Å²) in [4.78, 5) is 4.40. The molecule has 0 aliphatic heterocycles. The first-order valence-corrected chi connectivity index (χ1v) is 10.2. The predicted octanol–water partition coefficient (Wildman–Crippen LogP) is 3.17. The zero-order valence-corrected chi connectivity index (χ0v) is 18.5. The van der Waals surface area contributed by atoms with Crippen LogP contribution in [0.4, 0.5) is 5.82 Å². The lowest BCUT2D eigenvalue weighted by Gasteiger charge is -2.28. The Morgan fingerprint density at radius 2 is 1.90 bits per heavy atom. The van der Waals surface area contributed by atoms with Crippen molar-refractivity contribution in [3.05, 3.63) is 48.6 Å². The molecule has 1 aromatic carbocycles. The van der Waals surface area contributed by atoms with Crippen LogP contribution in [0.1, 0.15) is 19.4 Å². The van der Waals surface area contributed by atoms with Crippen LogP contribution in [0.3, 0.4) is 0 Å². The molecule has 1 heterocycles. The number of aryl methyl sites for hydroxylation is 1. The Morgan fingerprint density at radius 1 is 1.21 bits per heavy atom. The molecule has 0 amide bonds. The zero-order chi connectivity index (χ0) is 21.4. The van der Waals surface area contributed by atoms with Crippen molar-refractivity contribution in [2.45, 2.75) is 26.5 Å². The number of aliphatic hydroxyl groups is 1. The van der Waals surface area contributed by atoms with Gasteiger partial charge in [-0.2, -0.15) is 5.10 Å². The van der Waals surface area contributed by atoms with Gasteiger partial charge >= 0.3 is 0 Å². The van der Waals surface area contributed by atoms with Crippen molar-refractivity contribution in [3.8, 4) is 11.3 Å².